The second kappa shape index (κ2) is 3.10. The normalized spacial score (nSPS) is 30.8. The molecule has 3 heteroatoms. The predicted molar refractivity (Wildman–Crippen MR) is 55.3 cm³/mol. The van der Waals surface area contributed by atoms with E-state index in [2.05, 4.69) is 0 Å². The van der Waals surface area contributed by atoms with E-state index in [1.807, 2.05) is 30.3 Å². The van der Waals surface area contributed by atoms with E-state index in [1.165, 1.54) is 5.56 Å². The summed E-state index contributed by atoms with van der Waals surface area (Å²) in [6.07, 6.45) is 1.15. The van der Waals surface area contributed by atoms with E-state index in [0.29, 0.717) is 18.8 Å². The minimum Gasteiger partial charge on any atom is -0.385 e. The Balaban J connectivity index is 2.05. The van der Waals surface area contributed by atoms with Gasteiger partial charge >= 0.3 is 0 Å². The van der Waals surface area contributed by atoms with E-state index in [4.69, 9.17) is 11.1 Å². The Hall–Kier alpha value is -1.35. The first-order valence-corrected chi connectivity index (χ1v) is 4.74. The molecule has 1 aromatic rings. The molecule has 0 saturated heterocycles. The Morgan fingerprint density at radius 1 is 1.36 bits per heavy atom. The molecule has 0 radical (unpaired) electrons. The molecule has 0 aliphatic heterocycles. The highest BCUT2D eigenvalue weighted by Gasteiger charge is 2.45. The second-order valence-electron chi connectivity index (χ2n) is 3.96. The summed E-state index contributed by atoms with van der Waals surface area (Å²) in [7, 11) is 0. The Bertz CT molecular complexity index is 342. The molecule has 1 fully saturated rings. The Morgan fingerprint density at radius 3 is 2.43 bits per heavy atom. The van der Waals surface area contributed by atoms with Crippen molar-refractivity contribution in [3.63, 3.8) is 0 Å². The van der Waals surface area contributed by atoms with E-state index in [1.54, 1.807) is 0 Å². The minimum absolute atomic E-state index is 0.107. The van der Waals surface area contributed by atoms with Crippen molar-refractivity contribution >= 4 is 5.84 Å². The maximum Gasteiger partial charge on any atom is 0.123 e. The first-order chi connectivity index (χ1) is 6.62. The Labute approximate surface area is 83.1 Å². The highest BCUT2D eigenvalue weighted by Crippen LogP contribution is 2.44. The SMILES string of the molecule is N=C(N)C1(O)CC(c2ccccc2)C1. The molecule has 14 heavy (non-hydrogen) atoms. The van der Waals surface area contributed by atoms with Gasteiger partial charge in [0.1, 0.15) is 11.4 Å². The second-order valence-corrected chi connectivity index (χ2v) is 3.96. The molecule has 3 nitrogen and oxygen atoms in total. The van der Waals surface area contributed by atoms with Crippen molar-refractivity contribution in [2.24, 2.45) is 5.73 Å². The summed E-state index contributed by atoms with van der Waals surface area (Å²) in [5.74, 6) is 0.245. The summed E-state index contributed by atoms with van der Waals surface area (Å²) in [4.78, 5) is 0. The number of benzene rings is 1. The third-order valence-corrected chi connectivity index (χ3v) is 2.94. The molecular weight excluding hydrogens is 176 g/mol. The van der Waals surface area contributed by atoms with Gasteiger partial charge in [-0.1, -0.05) is 30.3 Å². The van der Waals surface area contributed by atoms with Crippen LogP contribution < -0.4 is 5.73 Å². The zero-order valence-electron chi connectivity index (χ0n) is 7.90. The largest absolute Gasteiger partial charge is 0.385 e. The van der Waals surface area contributed by atoms with Crippen LogP contribution in [0.1, 0.15) is 24.3 Å². The number of nitrogens with two attached hydrogens (primary N) is 1. The molecule has 4 N–H and O–H groups in total. The van der Waals surface area contributed by atoms with Crippen LogP contribution >= 0.6 is 0 Å². The lowest BCUT2D eigenvalue weighted by molar-refractivity contribution is 0.0139. The van der Waals surface area contributed by atoms with Gasteiger partial charge in [0.05, 0.1) is 0 Å². The van der Waals surface area contributed by atoms with Gasteiger partial charge in [0.25, 0.3) is 0 Å². The van der Waals surface area contributed by atoms with Gasteiger partial charge in [-0.15, -0.1) is 0 Å². The van der Waals surface area contributed by atoms with Gasteiger partial charge in [-0.2, -0.15) is 0 Å². The summed E-state index contributed by atoms with van der Waals surface area (Å²) in [5.41, 5.74) is 5.49. The van der Waals surface area contributed by atoms with Gasteiger partial charge in [-0.3, -0.25) is 5.41 Å². The van der Waals surface area contributed by atoms with E-state index < -0.39 is 5.60 Å². The van der Waals surface area contributed by atoms with Crippen LogP contribution in [-0.2, 0) is 0 Å². The molecule has 0 heterocycles. The Kier molecular flexibility index (Phi) is 2.04. The fraction of sp³-hybridized carbons (Fsp3) is 0.364. The zero-order valence-corrected chi connectivity index (χ0v) is 7.90. The standard InChI is InChI=1S/C11H14N2O/c12-10(13)11(14)6-9(7-11)8-4-2-1-3-5-8/h1-5,9,14H,6-7H2,(H3,12,13). The number of amidine groups is 1. The topological polar surface area (TPSA) is 70.1 Å². The summed E-state index contributed by atoms with van der Waals surface area (Å²) >= 11 is 0. The molecule has 74 valence electrons. The summed E-state index contributed by atoms with van der Waals surface area (Å²) in [5, 5.41) is 17.0. The number of aliphatic hydroxyl groups is 1. The molecule has 0 unspecified atom stereocenters. The van der Waals surface area contributed by atoms with Crippen LogP contribution in [0.3, 0.4) is 0 Å². The molecule has 0 spiro atoms. The van der Waals surface area contributed by atoms with Gasteiger partial charge in [0.2, 0.25) is 0 Å². The van der Waals surface area contributed by atoms with Gasteiger partial charge in [-0.25, -0.2) is 0 Å². The lowest BCUT2D eigenvalue weighted by Gasteiger charge is -2.42. The highest BCUT2D eigenvalue weighted by molar-refractivity contribution is 5.87. The lowest BCUT2D eigenvalue weighted by Crippen LogP contribution is -2.52. The third kappa shape index (κ3) is 1.40. The summed E-state index contributed by atoms with van der Waals surface area (Å²) in [6.45, 7) is 0. The van der Waals surface area contributed by atoms with Crippen LogP contribution in [0.4, 0.5) is 0 Å². The van der Waals surface area contributed by atoms with Crippen molar-refractivity contribution in [3.8, 4) is 0 Å². The van der Waals surface area contributed by atoms with E-state index >= 15 is 0 Å². The quantitative estimate of drug-likeness (QED) is 0.485. The fourth-order valence-electron chi connectivity index (χ4n) is 1.94. The smallest absolute Gasteiger partial charge is 0.123 e. The number of rotatable bonds is 2. The van der Waals surface area contributed by atoms with E-state index in [9.17, 15) is 5.11 Å². The molecule has 2 rings (SSSR count). The van der Waals surface area contributed by atoms with Crippen LogP contribution in [0.5, 0.6) is 0 Å². The molecule has 1 aromatic carbocycles. The van der Waals surface area contributed by atoms with E-state index in [0.717, 1.165) is 0 Å². The van der Waals surface area contributed by atoms with Gasteiger partial charge in [0, 0.05) is 0 Å². The van der Waals surface area contributed by atoms with Crippen molar-refractivity contribution in [1.29, 1.82) is 5.41 Å². The first kappa shape index (κ1) is 9.21. The molecule has 1 aliphatic rings. The molecule has 0 atom stereocenters. The van der Waals surface area contributed by atoms with Gasteiger partial charge < -0.3 is 10.8 Å². The highest BCUT2D eigenvalue weighted by atomic mass is 16.3. The molecule has 1 aliphatic carbocycles. The molecular formula is C11H14N2O. The van der Waals surface area contributed by atoms with Crippen molar-refractivity contribution in [2.75, 3.05) is 0 Å². The average molecular weight is 190 g/mol. The van der Waals surface area contributed by atoms with Gasteiger partial charge in [0.15, 0.2) is 0 Å². The Morgan fingerprint density at radius 2 is 1.93 bits per heavy atom. The first-order valence-electron chi connectivity index (χ1n) is 4.74. The summed E-state index contributed by atoms with van der Waals surface area (Å²) < 4.78 is 0. The molecule has 0 amide bonds. The van der Waals surface area contributed by atoms with Crippen molar-refractivity contribution in [1.82, 2.24) is 0 Å². The lowest BCUT2D eigenvalue weighted by atomic mass is 9.67. The van der Waals surface area contributed by atoms with Crippen molar-refractivity contribution in [2.45, 2.75) is 24.4 Å². The molecule has 0 aromatic heterocycles. The predicted octanol–water partition coefficient (Wildman–Crippen LogP) is 1.23. The van der Waals surface area contributed by atoms with Crippen LogP contribution in [0.2, 0.25) is 0 Å². The number of hydrogen-bond donors (Lipinski definition) is 3. The zero-order chi connectivity index (χ0) is 10.2. The molecule has 1 saturated carbocycles. The third-order valence-electron chi connectivity index (χ3n) is 2.94. The van der Waals surface area contributed by atoms with Crippen LogP contribution in [0, 0.1) is 5.41 Å². The van der Waals surface area contributed by atoms with Crippen molar-refractivity contribution < 1.29 is 5.11 Å². The summed E-state index contributed by atoms with van der Waals surface area (Å²) in [6, 6.07) is 10.0. The van der Waals surface area contributed by atoms with Crippen LogP contribution in [0.25, 0.3) is 0 Å². The van der Waals surface area contributed by atoms with Crippen LogP contribution in [-0.4, -0.2) is 16.5 Å². The number of nitrogens with one attached hydrogen (secondary N) is 1. The van der Waals surface area contributed by atoms with Gasteiger partial charge in [-0.05, 0) is 24.3 Å². The number of hydrogen-bond acceptors (Lipinski definition) is 2. The maximum atomic E-state index is 9.77. The van der Waals surface area contributed by atoms with Crippen molar-refractivity contribution in [3.05, 3.63) is 35.9 Å². The average Bonchev–Trinajstić information content (AvgIpc) is 2.14. The monoisotopic (exact) mass is 190 g/mol. The fourth-order valence-corrected chi connectivity index (χ4v) is 1.94. The minimum atomic E-state index is -1.04. The van der Waals surface area contributed by atoms with Crippen LogP contribution in [0.15, 0.2) is 30.3 Å². The maximum absolute atomic E-state index is 9.77. The molecule has 0 bridgehead atoms. The van der Waals surface area contributed by atoms with E-state index in [-0.39, 0.29) is 5.84 Å².